The van der Waals surface area contributed by atoms with Gasteiger partial charge in [-0.1, -0.05) is 59.9 Å². The SMILES string of the molecule is CC(C)Oc1cccc(C(Br)c2cc(Br)ccc2Br)c1. The zero-order valence-corrected chi connectivity index (χ0v) is 16.0. The molecule has 0 radical (unpaired) electrons. The summed E-state index contributed by atoms with van der Waals surface area (Å²) in [7, 11) is 0. The highest BCUT2D eigenvalue weighted by Crippen LogP contribution is 2.37. The Bertz CT molecular complexity index is 596. The van der Waals surface area contributed by atoms with Crippen LogP contribution in [0.4, 0.5) is 0 Å². The Kier molecular flexibility index (Phi) is 5.70. The molecule has 0 amide bonds. The lowest BCUT2D eigenvalue weighted by Gasteiger charge is -2.16. The van der Waals surface area contributed by atoms with Crippen molar-refractivity contribution in [3.8, 4) is 5.75 Å². The number of hydrogen-bond acceptors (Lipinski definition) is 1. The van der Waals surface area contributed by atoms with Gasteiger partial charge in [0.2, 0.25) is 0 Å². The third kappa shape index (κ3) is 4.09. The lowest BCUT2D eigenvalue weighted by atomic mass is 10.0. The van der Waals surface area contributed by atoms with E-state index in [-0.39, 0.29) is 10.9 Å². The normalized spacial score (nSPS) is 12.5. The van der Waals surface area contributed by atoms with E-state index in [0.717, 1.165) is 14.7 Å². The maximum Gasteiger partial charge on any atom is 0.120 e. The summed E-state index contributed by atoms with van der Waals surface area (Å²) in [4.78, 5) is 0.116. The molecule has 1 unspecified atom stereocenters. The smallest absolute Gasteiger partial charge is 0.120 e. The number of alkyl halides is 1. The van der Waals surface area contributed by atoms with Crippen LogP contribution in [0.15, 0.2) is 51.4 Å². The van der Waals surface area contributed by atoms with E-state index in [1.54, 1.807) is 0 Å². The van der Waals surface area contributed by atoms with Crippen LogP contribution in [0.5, 0.6) is 5.75 Å². The Labute approximate surface area is 145 Å². The minimum Gasteiger partial charge on any atom is -0.491 e. The van der Waals surface area contributed by atoms with Gasteiger partial charge in [0.15, 0.2) is 0 Å². The first-order chi connectivity index (χ1) is 9.47. The third-order valence-electron chi connectivity index (χ3n) is 2.75. The molecule has 0 aromatic heterocycles. The van der Waals surface area contributed by atoms with Crippen molar-refractivity contribution in [3.05, 3.63) is 62.5 Å². The number of benzene rings is 2. The maximum absolute atomic E-state index is 5.75. The van der Waals surface area contributed by atoms with Gasteiger partial charge in [-0.2, -0.15) is 0 Å². The third-order valence-corrected chi connectivity index (χ3v) is 4.99. The Morgan fingerprint density at radius 2 is 1.75 bits per heavy atom. The molecule has 1 nitrogen and oxygen atoms in total. The summed E-state index contributed by atoms with van der Waals surface area (Å²) in [6.07, 6.45) is 0.177. The van der Waals surface area contributed by atoms with Crippen LogP contribution >= 0.6 is 47.8 Å². The second-order valence-corrected chi connectivity index (χ2v) is 7.45. The monoisotopic (exact) mass is 460 g/mol. The zero-order valence-electron chi connectivity index (χ0n) is 11.2. The Hall–Kier alpha value is -0.320. The van der Waals surface area contributed by atoms with Gasteiger partial charge in [-0.3, -0.25) is 0 Å². The van der Waals surface area contributed by atoms with E-state index in [1.165, 1.54) is 11.1 Å². The van der Waals surface area contributed by atoms with Gasteiger partial charge >= 0.3 is 0 Å². The van der Waals surface area contributed by atoms with Crippen molar-refractivity contribution >= 4 is 47.8 Å². The van der Waals surface area contributed by atoms with Crippen LogP contribution < -0.4 is 4.74 Å². The molecular weight excluding hydrogens is 448 g/mol. The molecule has 0 heterocycles. The highest BCUT2D eigenvalue weighted by atomic mass is 79.9. The van der Waals surface area contributed by atoms with E-state index in [4.69, 9.17) is 4.74 Å². The second-order valence-electron chi connectivity index (χ2n) is 4.77. The van der Waals surface area contributed by atoms with E-state index in [2.05, 4.69) is 66.0 Å². The summed E-state index contributed by atoms with van der Waals surface area (Å²) in [6, 6.07) is 14.4. The van der Waals surface area contributed by atoms with Crippen molar-refractivity contribution in [1.82, 2.24) is 0 Å². The van der Waals surface area contributed by atoms with Crippen LogP contribution in [-0.2, 0) is 0 Å². The van der Waals surface area contributed by atoms with E-state index in [0.29, 0.717) is 0 Å². The summed E-state index contributed by atoms with van der Waals surface area (Å²) in [5.74, 6) is 0.896. The predicted molar refractivity (Wildman–Crippen MR) is 94.8 cm³/mol. The second kappa shape index (κ2) is 7.10. The number of rotatable bonds is 4. The molecule has 2 aromatic carbocycles. The topological polar surface area (TPSA) is 9.23 Å². The van der Waals surface area contributed by atoms with Gasteiger partial charge in [0, 0.05) is 8.95 Å². The summed E-state index contributed by atoms with van der Waals surface area (Å²) < 4.78 is 7.90. The molecule has 0 bridgehead atoms. The van der Waals surface area contributed by atoms with Crippen molar-refractivity contribution in [2.24, 2.45) is 0 Å². The van der Waals surface area contributed by atoms with Crippen LogP contribution in [0.2, 0.25) is 0 Å². The van der Waals surface area contributed by atoms with Crippen LogP contribution in [0, 0.1) is 0 Å². The first kappa shape index (κ1) is 16.1. The summed E-state index contributed by atoms with van der Waals surface area (Å²) in [5, 5.41) is 0. The van der Waals surface area contributed by atoms with Crippen LogP contribution in [0.3, 0.4) is 0 Å². The molecule has 1 atom stereocenters. The maximum atomic E-state index is 5.75. The molecular formula is C16H15Br3O. The molecule has 106 valence electrons. The van der Waals surface area contributed by atoms with Gasteiger partial charge in [0.1, 0.15) is 5.75 Å². The lowest BCUT2D eigenvalue weighted by molar-refractivity contribution is 0.242. The van der Waals surface area contributed by atoms with Crippen molar-refractivity contribution in [1.29, 1.82) is 0 Å². The molecule has 2 rings (SSSR count). The Morgan fingerprint density at radius 1 is 1.00 bits per heavy atom. The lowest BCUT2D eigenvalue weighted by Crippen LogP contribution is -2.06. The average Bonchev–Trinajstić information content (AvgIpc) is 2.40. The molecule has 0 spiro atoms. The molecule has 0 saturated heterocycles. The largest absolute Gasteiger partial charge is 0.491 e. The molecule has 0 N–H and O–H groups in total. The van der Waals surface area contributed by atoms with Crippen molar-refractivity contribution < 1.29 is 4.74 Å². The summed E-state index contributed by atoms with van der Waals surface area (Å²) in [5.41, 5.74) is 2.35. The van der Waals surface area contributed by atoms with Crippen molar-refractivity contribution in [2.75, 3.05) is 0 Å². The van der Waals surface area contributed by atoms with Gasteiger partial charge in [-0.25, -0.2) is 0 Å². The predicted octanol–water partition coefficient (Wildman–Crippen LogP) is 6.48. The molecule has 0 saturated carbocycles. The minimum absolute atomic E-state index is 0.116. The first-order valence-corrected chi connectivity index (χ1v) is 8.83. The van der Waals surface area contributed by atoms with E-state index < -0.39 is 0 Å². The molecule has 0 aliphatic heterocycles. The number of halogens is 3. The summed E-state index contributed by atoms with van der Waals surface area (Å²) in [6.45, 7) is 4.06. The number of ether oxygens (including phenoxy) is 1. The minimum atomic E-state index is 0.116. The zero-order chi connectivity index (χ0) is 14.7. The molecule has 0 fully saturated rings. The van der Waals surface area contributed by atoms with E-state index >= 15 is 0 Å². The molecule has 0 aliphatic rings. The summed E-state index contributed by atoms with van der Waals surface area (Å²) >= 11 is 10.9. The van der Waals surface area contributed by atoms with Crippen molar-refractivity contribution in [3.63, 3.8) is 0 Å². The highest BCUT2D eigenvalue weighted by Gasteiger charge is 2.15. The van der Waals surface area contributed by atoms with Gasteiger partial charge in [0.05, 0.1) is 10.9 Å². The fourth-order valence-electron chi connectivity index (χ4n) is 1.91. The highest BCUT2D eigenvalue weighted by molar-refractivity contribution is 9.11. The molecule has 0 aliphatic carbocycles. The number of hydrogen-bond donors (Lipinski definition) is 0. The fraction of sp³-hybridized carbons (Fsp3) is 0.250. The standard InChI is InChI=1S/C16H15Br3O/c1-10(2)20-13-5-3-4-11(8-13)16(19)14-9-12(17)6-7-15(14)18/h3-10,16H,1-2H3. The molecule has 2 aromatic rings. The van der Waals surface area contributed by atoms with Crippen LogP contribution in [0.1, 0.15) is 29.8 Å². The van der Waals surface area contributed by atoms with Gasteiger partial charge in [0.25, 0.3) is 0 Å². The van der Waals surface area contributed by atoms with E-state index in [1.807, 2.05) is 38.1 Å². The van der Waals surface area contributed by atoms with Gasteiger partial charge < -0.3 is 4.74 Å². The van der Waals surface area contributed by atoms with Crippen molar-refractivity contribution in [2.45, 2.75) is 24.8 Å². The Morgan fingerprint density at radius 3 is 2.45 bits per heavy atom. The van der Waals surface area contributed by atoms with Crippen LogP contribution in [-0.4, -0.2) is 6.10 Å². The fourth-order valence-corrected chi connectivity index (χ4v) is 3.73. The molecule has 20 heavy (non-hydrogen) atoms. The quantitative estimate of drug-likeness (QED) is 0.472. The van der Waals surface area contributed by atoms with E-state index in [9.17, 15) is 0 Å². The average molecular weight is 463 g/mol. The van der Waals surface area contributed by atoms with Gasteiger partial charge in [-0.15, -0.1) is 0 Å². The van der Waals surface area contributed by atoms with Crippen LogP contribution in [0.25, 0.3) is 0 Å². The first-order valence-electron chi connectivity index (χ1n) is 6.33. The molecule has 4 heteroatoms. The Balaban J connectivity index is 2.33. The van der Waals surface area contributed by atoms with Gasteiger partial charge in [-0.05, 0) is 55.3 Å².